The van der Waals surface area contributed by atoms with Crippen molar-refractivity contribution in [1.82, 2.24) is 9.97 Å². The monoisotopic (exact) mass is 261 g/mol. The van der Waals surface area contributed by atoms with Gasteiger partial charge in [-0.2, -0.15) is 0 Å². The molecule has 0 aliphatic carbocycles. The third-order valence-electron chi connectivity index (χ3n) is 2.74. The Labute approximate surface area is 112 Å². The first kappa shape index (κ1) is 13.4. The maximum atomic E-state index is 5.57. The van der Waals surface area contributed by atoms with Gasteiger partial charge in [0.05, 0.1) is 0 Å². The summed E-state index contributed by atoms with van der Waals surface area (Å²) in [5, 5.41) is 3.21. The Hall–Kier alpha value is -2.08. The van der Waals surface area contributed by atoms with E-state index in [9.17, 15) is 0 Å². The van der Waals surface area contributed by atoms with E-state index >= 15 is 0 Å². The Bertz CT molecular complexity index is 525. The summed E-state index contributed by atoms with van der Waals surface area (Å²) < 4.78 is 5.57. The number of furan rings is 1. The molecule has 2 aromatic heterocycles. The van der Waals surface area contributed by atoms with Gasteiger partial charge < -0.3 is 15.5 Å². The second-order valence-electron chi connectivity index (χ2n) is 4.27. The van der Waals surface area contributed by atoms with Gasteiger partial charge in [-0.1, -0.05) is 0 Å². The lowest BCUT2D eigenvalue weighted by Crippen LogP contribution is -2.13. The molecule has 0 amide bonds. The minimum Gasteiger partial charge on any atom is -0.445 e. The summed E-state index contributed by atoms with van der Waals surface area (Å²) in [7, 11) is 1.91. The zero-order chi connectivity index (χ0) is 13.7. The number of hydrogen-bond donors (Lipinski definition) is 2. The highest BCUT2D eigenvalue weighted by atomic mass is 16.4. The van der Waals surface area contributed by atoms with Crippen LogP contribution in [0.25, 0.3) is 0 Å². The Morgan fingerprint density at radius 3 is 2.89 bits per heavy atom. The standard InChI is InChI=1S/C13H19N5O/c1-10-4-5-13(19-10)18(2)12-8-11(16-9-17-12)15-7-3-6-14/h4-5,8-9H,3,6-7,14H2,1-2H3,(H,15,16,17). The SMILES string of the molecule is Cc1ccc(N(C)c2cc(NCCCN)ncn2)o1. The summed E-state index contributed by atoms with van der Waals surface area (Å²) in [6.45, 7) is 3.38. The number of hydrogen-bond acceptors (Lipinski definition) is 6. The van der Waals surface area contributed by atoms with Gasteiger partial charge in [-0.25, -0.2) is 9.97 Å². The lowest BCUT2D eigenvalue weighted by molar-refractivity contribution is 0.537. The van der Waals surface area contributed by atoms with Gasteiger partial charge in [-0.05, 0) is 26.0 Å². The smallest absolute Gasteiger partial charge is 0.200 e. The van der Waals surface area contributed by atoms with Gasteiger partial charge in [0.2, 0.25) is 5.88 Å². The van der Waals surface area contributed by atoms with Crippen LogP contribution in [0.15, 0.2) is 28.9 Å². The predicted octanol–water partition coefficient (Wildman–Crippen LogP) is 1.91. The second-order valence-corrected chi connectivity index (χ2v) is 4.27. The number of nitrogens with zero attached hydrogens (tertiary/aromatic N) is 3. The van der Waals surface area contributed by atoms with Crippen molar-refractivity contribution in [3.63, 3.8) is 0 Å². The van der Waals surface area contributed by atoms with E-state index in [-0.39, 0.29) is 0 Å². The molecule has 2 heterocycles. The molecule has 0 fully saturated rings. The first-order valence-corrected chi connectivity index (χ1v) is 6.27. The van der Waals surface area contributed by atoms with Crippen LogP contribution in [-0.2, 0) is 0 Å². The molecule has 0 aromatic carbocycles. The number of aryl methyl sites for hydroxylation is 1. The van der Waals surface area contributed by atoms with Crippen molar-refractivity contribution in [2.24, 2.45) is 5.73 Å². The van der Waals surface area contributed by atoms with Gasteiger partial charge in [0.25, 0.3) is 0 Å². The van der Waals surface area contributed by atoms with Crippen LogP contribution in [0.3, 0.4) is 0 Å². The van der Waals surface area contributed by atoms with E-state index in [1.165, 1.54) is 6.33 Å². The van der Waals surface area contributed by atoms with Crippen LogP contribution in [0, 0.1) is 6.92 Å². The minimum atomic E-state index is 0.663. The molecule has 6 nitrogen and oxygen atoms in total. The highest BCUT2D eigenvalue weighted by Crippen LogP contribution is 2.24. The largest absolute Gasteiger partial charge is 0.445 e. The molecule has 0 spiro atoms. The van der Waals surface area contributed by atoms with Crippen molar-refractivity contribution >= 4 is 17.5 Å². The van der Waals surface area contributed by atoms with Gasteiger partial charge in [0.15, 0.2) is 0 Å². The summed E-state index contributed by atoms with van der Waals surface area (Å²) in [6, 6.07) is 5.72. The molecule has 2 rings (SSSR count). The maximum Gasteiger partial charge on any atom is 0.200 e. The van der Waals surface area contributed by atoms with E-state index in [4.69, 9.17) is 10.2 Å². The van der Waals surface area contributed by atoms with Crippen LogP contribution in [-0.4, -0.2) is 30.1 Å². The summed E-state index contributed by atoms with van der Waals surface area (Å²) in [5.74, 6) is 3.19. The van der Waals surface area contributed by atoms with E-state index in [1.807, 2.05) is 37.1 Å². The summed E-state index contributed by atoms with van der Waals surface area (Å²) in [4.78, 5) is 10.3. The molecular formula is C13H19N5O. The topological polar surface area (TPSA) is 80.2 Å². The van der Waals surface area contributed by atoms with Crippen LogP contribution in [0.2, 0.25) is 0 Å². The molecule has 102 valence electrons. The molecule has 2 aromatic rings. The van der Waals surface area contributed by atoms with Crippen LogP contribution < -0.4 is 16.0 Å². The van der Waals surface area contributed by atoms with Crippen molar-refractivity contribution in [3.05, 3.63) is 30.3 Å². The van der Waals surface area contributed by atoms with E-state index in [2.05, 4.69) is 15.3 Å². The summed E-state index contributed by atoms with van der Waals surface area (Å²) in [6.07, 6.45) is 2.44. The molecular weight excluding hydrogens is 242 g/mol. The number of rotatable bonds is 6. The molecule has 6 heteroatoms. The van der Waals surface area contributed by atoms with Crippen LogP contribution in [0.5, 0.6) is 0 Å². The number of anilines is 3. The first-order valence-electron chi connectivity index (χ1n) is 6.27. The number of nitrogens with one attached hydrogen (secondary N) is 1. The fourth-order valence-electron chi connectivity index (χ4n) is 1.66. The molecule has 19 heavy (non-hydrogen) atoms. The average molecular weight is 261 g/mol. The molecule has 0 atom stereocenters. The number of aromatic nitrogens is 2. The Morgan fingerprint density at radius 1 is 1.37 bits per heavy atom. The van der Waals surface area contributed by atoms with Crippen molar-refractivity contribution in [2.75, 3.05) is 30.4 Å². The molecule has 0 saturated carbocycles. The van der Waals surface area contributed by atoms with E-state index in [1.54, 1.807) is 0 Å². The van der Waals surface area contributed by atoms with Gasteiger partial charge in [0.1, 0.15) is 23.7 Å². The fraction of sp³-hybridized carbons (Fsp3) is 0.385. The Morgan fingerprint density at radius 2 is 2.21 bits per heavy atom. The zero-order valence-electron chi connectivity index (χ0n) is 11.3. The first-order chi connectivity index (χ1) is 9.20. The number of nitrogens with two attached hydrogens (primary N) is 1. The van der Waals surface area contributed by atoms with Crippen LogP contribution >= 0.6 is 0 Å². The third-order valence-corrected chi connectivity index (χ3v) is 2.74. The minimum absolute atomic E-state index is 0.663. The Balaban J connectivity index is 2.09. The predicted molar refractivity (Wildman–Crippen MR) is 75.7 cm³/mol. The normalized spacial score (nSPS) is 10.5. The second kappa shape index (κ2) is 6.19. The molecule has 0 saturated heterocycles. The molecule has 0 radical (unpaired) electrons. The summed E-state index contributed by atoms with van der Waals surface area (Å²) in [5.41, 5.74) is 5.46. The van der Waals surface area contributed by atoms with Gasteiger partial charge >= 0.3 is 0 Å². The zero-order valence-corrected chi connectivity index (χ0v) is 11.3. The highest BCUT2D eigenvalue weighted by Gasteiger charge is 2.09. The van der Waals surface area contributed by atoms with Gasteiger partial charge in [0, 0.05) is 25.7 Å². The fourth-order valence-corrected chi connectivity index (χ4v) is 1.66. The lowest BCUT2D eigenvalue weighted by Gasteiger charge is -2.15. The average Bonchev–Trinajstić information content (AvgIpc) is 2.85. The molecule has 0 unspecified atom stereocenters. The van der Waals surface area contributed by atoms with E-state index < -0.39 is 0 Å². The molecule has 3 N–H and O–H groups in total. The lowest BCUT2D eigenvalue weighted by atomic mass is 10.4. The molecule has 0 aliphatic heterocycles. The van der Waals surface area contributed by atoms with Crippen molar-refractivity contribution in [2.45, 2.75) is 13.3 Å². The van der Waals surface area contributed by atoms with Crippen molar-refractivity contribution < 1.29 is 4.42 Å². The maximum absolute atomic E-state index is 5.57. The van der Waals surface area contributed by atoms with Crippen LogP contribution in [0.4, 0.5) is 17.5 Å². The van der Waals surface area contributed by atoms with Crippen LogP contribution in [0.1, 0.15) is 12.2 Å². The molecule has 0 bridgehead atoms. The van der Waals surface area contributed by atoms with Crippen molar-refractivity contribution in [1.29, 1.82) is 0 Å². The highest BCUT2D eigenvalue weighted by molar-refractivity contribution is 5.57. The quantitative estimate of drug-likeness (QED) is 0.773. The Kier molecular flexibility index (Phi) is 4.35. The summed E-state index contributed by atoms with van der Waals surface area (Å²) >= 11 is 0. The third kappa shape index (κ3) is 3.45. The van der Waals surface area contributed by atoms with E-state index in [0.717, 1.165) is 36.2 Å². The van der Waals surface area contributed by atoms with Gasteiger partial charge in [-0.3, -0.25) is 4.90 Å². The van der Waals surface area contributed by atoms with E-state index in [0.29, 0.717) is 6.54 Å². The molecule has 0 aliphatic rings. The van der Waals surface area contributed by atoms with Crippen molar-refractivity contribution in [3.8, 4) is 0 Å². The van der Waals surface area contributed by atoms with Gasteiger partial charge in [-0.15, -0.1) is 0 Å².